The molecule has 0 heterocycles. The van der Waals surface area contributed by atoms with Crippen LogP contribution in [0.25, 0.3) is 0 Å². The van der Waals surface area contributed by atoms with Crippen LogP contribution in [0, 0.1) is 5.41 Å². The quantitative estimate of drug-likeness (QED) is 0.598. The lowest BCUT2D eigenvalue weighted by Crippen LogP contribution is -2.44. The number of carboxylic acid groups (broad SMARTS) is 1. The topological polar surface area (TPSA) is 78.4 Å². The number of hydrogen-bond donors (Lipinski definition) is 3. The summed E-state index contributed by atoms with van der Waals surface area (Å²) in [5.41, 5.74) is -0.881. The Balaban J connectivity index is 4.03. The summed E-state index contributed by atoms with van der Waals surface area (Å²) in [5, 5.41) is 14.6. The van der Waals surface area contributed by atoms with Crippen molar-refractivity contribution < 1.29 is 14.7 Å². The Morgan fingerprint density at radius 3 is 2.31 bits per heavy atom. The van der Waals surface area contributed by atoms with Crippen LogP contribution >= 0.6 is 0 Å². The zero-order chi connectivity index (χ0) is 12.8. The molecule has 1 atom stereocenters. The molecule has 0 aromatic rings. The van der Waals surface area contributed by atoms with Crippen LogP contribution in [0.2, 0.25) is 0 Å². The van der Waals surface area contributed by atoms with E-state index in [1.54, 1.807) is 13.8 Å². The van der Waals surface area contributed by atoms with Gasteiger partial charge in [0.15, 0.2) is 0 Å². The van der Waals surface area contributed by atoms with E-state index < -0.39 is 11.4 Å². The average Bonchev–Trinajstić information content (AvgIpc) is 2.22. The van der Waals surface area contributed by atoms with E-state index in [4.69, 9.17) is 5.11 Å². The highest BCUT2D eigenvalue weighted by atomic mass is 16.4. The summed E-state index contributed by atoms with van der Waals surface area (Å²) in [4.78, 5) is 22.3. The maximum atomic E-state index is 11.4. The first-order valence-corrected chi connectivity index (χ1v) is 5.55. The first-order chi connectivity index (χ1) is 7.31. The molecule has 0 aromatic heterocycles. The molecular formula is C11H22N2O3. The number of amides is 1. The van der Waals surface area contributed by atoms with Gasteiger partial charge in [-0.05, 0) is 13.3 Å². The molecule has 0 rings (SSSR count). The van der Waals surface area contributed by atoms with Gasteiger partial charge in [-0.25, -0.2) is 0 Å². The van der Waals surface area contributed by atoms with Crippen LogP contribution in [0.5, 0.6) is 0 Å². The van der Waals surface area contributed by atoms with Crippen molar-refractivity contribution in [2.45, 2.75) is 40.2 Å². The summed E-state index contributed by atoms with van der Waals surface area (Å²) in [6, 6.07) is 0.239. The molecule has 0 aliphatic carbocycles. The SMILES string of the molecule is CCC(C)(CNC(=O)CNC(C)C)C(=O)O. The maximum absolute atomic E-state index is 11.4. The fourth-order valence-electron chi connectivity index (χ4n) is 1.00. The fourth-order valence-corrected chi connectivity index (χ4v) is 1.00. The van der Waals surface area contributed by atoms with Crippen LogP contribution in [0.4, 0.5) is 0 Å². The zero-order valence-corrected chi connectivity index (χ0v) is 10.5. The summed E-state index contributed by atoms with van der Waals surface area (Å²) >= 11 is 0. The zero-order valence-electron chi connectivity index (χ0n) is 10.5. The highest BCUT2D eigenvalue weighted by Crippen LogP contribution is 2.19. The minimum atomic E-state index is -0.882. The lowest BCUT2D eigenvalue weighted by molar-refractivity contribution is -0.148. The Kier molecular flexibility index (Phi) is 6.03. The van der Waals surface area contributed by atoms with Crippen molar-refractivity contribution in [1.29, 1.82) is 0 Å². The molecule has 0 aliphatic rings. The Bertz CT molecular complexity index is 254. The number of rotatable bonds is 7. The van der Waals surface area contributed by atoms with E-state index in [1.807, 2.05) is 13.8 Å². The van der Waals surface area contributed by atoms with Gasteiger partial charge in [0.05, 0.1) is 12.0 Å². The monoisotopic (exact) mass is 230 g/mol. The molecule has 5 heteroatoms. The summed E-state index contributed by atoms with van der Waals surface area (Å²) in [7, 11) is 0. The number of hydrogen-bond acceptors (Lipinski definition) is 3. The summed E-state index contributed by atoms with van der Waals surface area (Å²) in [5.74, 6) is -1.05. The van der Waals surface area contributed by atoms with E-state index in [0.29, 0.717) is 6.42 Å². The van der Waals surface area contributed by atoms with E-state index in [1.165, 1.54) is 0 Å². The van der Waals surface area contributed by atoms with Gasteiger partial charge in [-0.2, -0.15) is 0 Å². The second kappa shape index (κ2) is 6.48. The Hall–Kier alpha value is -1.10. The predicted molar refractivity (Wildman–Crippen MR) is 62.2 cm³/mol. The largest absolute Gasteiger partial charge is 0.481 e. The van der Waals surface area contributed by atoms with Crippen molar-refractivity contribution in [2.24, 2.45) is 5.41 Å². The summed E-state index contributed by atoms with van der Waals surface area (Å²) in [6.45, 7) is 7.70. The van der Waals surface area contributed by atoms with Crippen molar-refractivity contribution >= 4 is 11.9 Å². The number of carboxylic acids is 1. The second-order valence-corrected chi connectivity index (χ2v) is 4.53. The molecule has 0 fully saturated rings. The van der Waals surface area contributed by atoms with Gasteiger partial charge in [0.25, 0.3) is 0 Å². The molecule has 16 heavy (non-hydrogen) atoms. The fraction of sp³-hybridized carbons (Fsp3) is 0.818. The molecule has 0 bridgehead atoms. The molecule has 3 N–H and O–H groups in total. The van der Waals surface area contributed by atoms with Gasteiger partial charge >= 0.3 is 5.97 Å². The van der Waals surface area contributed by atoms with Gasteiger partial charge in [0.1, 0.15) is 0 Å². The molecule has 0 saturated heterocycles. The molecule has 1 amide bonds. The van der Waals surface area contributed by atoms with Crippen molar-refractivity contribution in [3.8, 4) is 0 Å². The van der Waals surface area contributed by atoms with Gasteiger partial charge in [0, 0.05) is 12.6 Å². The van der Waals surface area contributed by atoms with Crippen molar-refractivity contribution in [3.05, 3.63) is 0 Å². The minimum absolute atomic E-state index is 0.164. The number of nitrogens with one attached hydrogen (secondary N) is 2. The average molecular weight is 230 g/mol. The first kappa shape index (κ1) is 14.9. The highest BCUT2D eigenvalue weighted by Gasteiger charge is 2.31. The van der Waals surface area contributed by atoms with Crippen LogP contribution in [0.3, 0.4) is 0 Å². The second-order valence-electron chi connectivity index (χ2n) is 4.53. The highest BCUT2D eigenvalue weighted by molar-refractivity contribution is 5.80. The molecule has 0 aromatic carbocycles. The van der Waals surface area contributed by atoms with Crippen LogP contribution in [0.1, 0.15) is 34.1 Å². The standard InChI is InChI=1S/C11H22N2O3/c1-5-11(4,10(15)16)7-13-9(14)6-12-8(2)3/h8,12H,5-7H2,1-4H3,(H,13,14)(H,15,16). The molecule has 0 saturated carbocycles. The molecule has 0 radical (unpaired) electrons. The van der Waals surface area contributed by atoms with Crippen LogP contribution in [0.15, 0.2) is 0 Å². The Morgan fingerprint density at radius 2 is 1.94 bits per heavy atom. The third kappa shape index (κ3) is 5.11. The van der Waals surface area contributed by atoms with Gasteiger partial charge in [-0.15, -0.1) is 0 Å². The molecule has 94 valence electrons. The Morgan fingerprint density at radius 1 is 1.38 bits per heavy atom. The van der Waals surface area contributed by atoms with E-state index >= 15 is 0 Å². The van der Waals surface area contributed by atoms with Crippen LogP contribution in [-0.2, 0) is 9.59 Å². The van der Waals surface area contributed by atoms with Crippen molar-refractivity contribution in [1.82, 2.24) is 10.6 Å². The van der Waals surface area contributed by atoms with Gasteiger partial charge in [-0.1, -0.05) is 20.8 Å². The lowest BCUT2D eigenvalue weighted by atomic mass is 9.88. The number of carbonyl (C=O) groups is 2. The van der Waals surface area contributed by atoms with E-state index in [-0.39, 0.29) is 25.0 Å². The van der Waals surface area contributed by atoms with Crippen LogP contribution < -0.4 is 10.6 Å². The van der Waals surface area contributed by atoms with E-state index in [2.05, 4.69) is 10.6 Å². The number of carbonyl (C=O) groups excluding carboxylic acids is 1. The predicted octanol–water partition coefficient (Wildman–Crippen LogP) is 0.601. The minimum Gasteiger partial charge on any atom is -0.481 e. The summed E-state index contributed by atoms with van der Waals surface area (Å²) < 4.78 is 0. The van der Waals surface area contributed by atoms with Crippen molar-refractivity contribution in [2.75, 3.05) is 13.1 Å². The smallest absolute Gasteiger partial charge is 0.311 e. The van der Waals surface area contributed by atoms with E-state index in [9.17, 15) is 9.59 Å². The normalized spacial score (nSPS) is 14.6. The van der Waals surface area contributed by atoms with Gasteiger partial charge in [-0.3, -0.25) is 9.59 Å². The van der Waals surface area contributed by atoms with Gasteiger partial charge in [0.2, 0.25) is 5.91 Å². The third-order valence-corrected chi connectivity index (χ3v) is 2.64. The first-order valence-electron chi connectivity index (χ1n) is 5.55. The third-order valence-electron chi connectivity index (χ3n) is 2.64. The summed E-state index contributed by atoms with van der Waals surface area (Å²) in [6.07, 6.45) is 0.486. The van der Waals surface area contributed by atoms with E-state index in [0.717, 1.165) is 0 Å². The maximum Gasteiger partial charge on any atom is 0.311 e. The molecule has 1 unspecified atom stereocenters. The van der Waals surface area contributed by atoms with Gasteiger partial charge < -0.3 is 15.7 Å². The van der Waals surface area contributed by atoms with Crippen LogP contribution in [-0.4, -0.2) is 36.1 Å². The molecular weight excluding hydrogens is 208 g/mol. The number of aliphatic carboxylic acids is 1. The lowest BCUT2D eigenvalue weighted by Gasteiger charge is -2.23. The van der Waals surface area contributed by atoms with Crippen molar-refractivity contribution in [3.63, 3.8) is 0 Å². The Labute approximate surface area is 96.6 Å². The molecule has 0 spiro atoms. The molecule has 5 nitrogen and oxygen atoms in total. The molecule has 0 aliphatic heterocycles.